The summed E-state index contributed by atoms with van der Waals surface area (Å²) < 4.78 is 33.5. The molecule has 192 valence electrons. The Morgan fingerprint density at radius 2 is 1.81 bits per heavy atom. The maximum absolute atomic E-state index is 13.0. The highest BCUT2D eigenvalue weighted by Crippen LogP contribution is 2.28. The largest absolute Gasteiger partial charge is 0.459 e. The number of thiophene rings is 1. The second-order valence-electron chi connectivity index (χ2n) is 8.91. The molecule has 1 fully saturated rings. The first-order valence-corrected chi connectivity index (χ1v) is 13.9. The lowest BCUT2D eigenvalue weighted by atomic mass is 10.2. The number of carbonyl (C=O) groups is 2. The van der Waals surface area contributed by atoms with Gasteiger partial charge in [0.05, 0.1) is 22.7 Å². The van der Waals surface area contributed by atoms with E-state index in [1.54, 1.807) is 20.8 Å². The Bertz CT molecular complexity index is 1450. The third-order valence-electron chi connectivity index (χ3n) is 5.85. The van der Waals surface area contributed by atoms with Gasteiger partial charge < -0.3 is 10.1 Å². The Hall–Kier alpha value is -3.09. The number of carbonyl (C=O) groups excluding carboxylic acids is 2. The van der Waals surface area contributed by atoms with Crippen molar-refractivity contribution in [2.75, 3.05) is 18.4 Å². The van der Waals surface area contributed by atoms with E-state index < -0.39 is 27.5 Å². The number of aryl methyl sites for hydroxylation is 1. The summed E-state index contributed by atoms with van der Waals surface area (Å²) in [6, 6.07) is 5.97. The van der Waals surface area contributed by atoms with Crippen molar-refractivity contribution < 1.29 is 22.7 Å². The number of anilines is 1. The summed E-state index contributed by atoms with van der Waals surface area (Å²) in [5.74, 6) is -0.989. The molecule has 3 aromatic rings. The molecule has 4 rings (SSSR count). The van der Waals surface area contributed by atoms with E-state index in [1.807, 2.05) is 0 Å². The van der Waals surface area contributed by atoms with Crippen molar-refractivity contribution in [1.29, 1.82) is 0 Å². The first kappa shape index (κ1) is 26.0. The van der Waals surface area contributed by atoms with Crippen molar-refractivity contribution in [3.63, 3.8) is 0 Å². The third kappa shape index (κ3) is 5.35. The van der Waals surface area contributed by atoms with Gasteiger partial charge in [-0.25, -0.2) is 18.2 Å². The van der Waals surface area contributed by atoms with Gasteiger partial charge in [0.2, 0.25) is 15.9 Å². The van der Waals surface area contributed by atoms with Gasteiger partial charge in [0.25, 0.3) is 5.56 Å². The molecule has 1 aromatic carbocycles. The van der Waals surface area contributed by atoms with E-state index in [2.05, 4.69) is 10.3 Å². The lowest BCUT2D eigenvalue weighted by Crippen LogP contribution is -2.35. The topological polar surface area (TPSA) is 128 Å². The average Bonchev–Trinajstić information content (AvgIpc) is 3.18. The van der Waals surface area contributed by atoms with Gasteiger partial charge in [-0.2, -0.15) is 4.31 Å². The van der Waals surface area contributed by atoms with Crippen molar-refractivity contribution in [1.82, 2.24) is 13.9 Å². The number of nitrogens with zero attached hydrogens (tertiary/aromatic N) is 3. The van der Waals surface area contributed by atoms with E-state index >= 15 is 0 Å². The van der Waals surface area contributed by atoms with E-state index in [4.69, 9.17) is 4.74 Å². The van der Waals surface area contributed by atoms with Crippen LogP contribution >= 0.6 is 11.3 Å². The van der Waals surface area contributed by atoms with Crippen LogP contribution in [0.5, 0.6) is 0 Å². The fourth-order valence-electron chi connectivity index (χ4n) is 4.05. The Kier molecular flexibility index (Phi) is 7.57. The van der Waals surface area contributed by atoms with Gasteiger partial charge in [-0.05, 0) is 63.4 Å². The second-order valence-corrected chi connectivity index (χ2v) is 11.8. The second kappa shape index (κ2) is 10.5. The molecule has 0 radical (unpaired) electrons. The van der Waals surface area contributed by atoms with Gasteiger partial charge in [-0.3, -0.25) is 14.2 Å². The molecule has 2 aromatic heterocycles. The zero-order valence-electron chi connectivity index (χ0n) is 20.3. The minimum Gasteiger partial charge on any atom is -0.459 e. The molecule has 0 spiro atoms. The van der Waals surface area contributed by atoms with Gasteiger partial charge in [0, 0.05) is 18.8 Å². The van der Waals surface area contributed by atoms with Crippen LogP contribution in [0.1, 0.15) is 48.3 Å². The number of hydrogen-bond donors (Lipinski definition) is 1. The predicted octanol–water partition coefficient (Wildman–Crippen LogP) is 3.14. The fraction of sp³-hybridized carbons (Fsp3) is 0.417. The molecule has 12 heteroatoms. The lowest BCUT2D eigenvalue weighted by Gasteiger charge is -2.25. The number of hydrogen-bond acceptors (Lipinski definition) is 8. The standard InChI is InChI=1S/C24H28N4O6S2/c1-15(2)34-24(31)21-16(3)20-22(35-21)25-14-27(23(20)30)13-19(29)26-17-7-9-18(10-8-17)36(32,33)28-11-5-4-6-12-28/h7-10,14-15H,4-6,11-13H2,1-3H3,(H,26,29). The molecule has 0 aliphatic carbocycles. The Morgan fingerprint density at radius 1 is 1.14 bits per heavy atom. The number of ether oxygens (including phenoxy) is 1. The number of nitrogens with one attached hydrogen (secondary N) is 1. The van der Waals surface area contributed by atoms with Crippen LogP contribution in [0, 0.1) is 6.92 Å². The molecule has 1 amide bonds. The molecule has 1 N–H and O–H groups in total. The summed E-state index contributed by atoms with van der Waals surface area (Å²) in [4.78, 5) is 43.1. The molecule has 1 saturated heterocycles. The van der Waals surface area contributed by atoms with Crippen LogP contribution in [-0.2, 0) is 26.1 Å². The molecule has 36 heavy (non-hydrogen) atoms. The van der Waals surface area contributed by atoms with E-state index in [0.717, 1.165) is 30.6 Å². The maximum atomic E-state index is 13.0. The Labute approximate surface area is 213 Å². The molecule has 1 aliphatic heterocycles. The zero-order valence-corrected chi connectivity index (χ0v) is 21.9. The molecular formula is C24H28N4O6S2. The van der Waals surface area contributed by atoms with Gasteiger partial charge >= 0.3 is 5.97 Å². The molecule has 1 aliphatic rings. The van der Waals surface area contributed by atoms with E-state index in [9.17, 15) is 22.8 Å². The summed E-state index contributed by atoms with van der Waals surface area (Å²) in [6.07, 6.45) is 3.70. The predicted molar refractivity (Wildman–Crippen MR) is 137 cm³/mol. The number of amides is 1. The summed E-state index contributed by atoms with van der Waals surface area (Å²) in [5.41, 5.74) is 0.444. The number of aromatic nitrogens is 2. The molecule has 0 unspecified atom stereocenters. The highest BCUT2D eigenvalue weighted by atomic mass is 32.2. The molecule has 0 atom stereocenters. The normalized spacial score (nSPS) is 14.8. The fourth-order valence-corrected chi connectivity index (χ4v) is 6.59. The van der Waals surface area contributed by atoms with Gasteiger partial charge in [0.15, 0.2) is 0 Å². The molecule has 3 heterocycles. The number of sulfonamides is 1. The van der Waals surface area contributed by atoms with Crippen LogP contribution in [0.2, 0.25) is 0 Å². The van der Waals surface area contributed by atoms with Gasteiger partial charge in [-0.1, -0.05) is 6.42 Å². The van der Waals surface area contributed by atoms with Crippen molar-refractivity contribution in [3.05, 3.63) is 51.4 Å². The van der Waals surface area contributed by atoms with E-state index in [0.29, 0.717) is 34.0 Å². The van der Waals surface area contributed by atoms with Gasteiger partial charge in [-0.15, -0.1) is 11.3 Å². The molecular weight excluding hydrogens is 504 g/mol. The average molecular weight is 533 g/mol. The van der Waals surface area contributed by atoms with Crippen LogP contribution in [-0.4, -0.2) is 53.3 Å². The van der Waals surface area contributed by atoms with Crippen LogP contribution < -0.4 is 10.9 Å². The first-order valence-electron chi connectivity index (χ1n) is 11.7. The molecule has 10 nitrogen and oxygen atoms in total. The number of piperidine rings is 1. The monoisotopic (exact) mass is 532 g/mol. The van der Waals surface area contributed by atoms with Crippen molar-refractivity contribution in [2.45, 2.75) is 57.6 Å². The minimum atomic E-state index is -3.56. The van der Waals surface area contributed by atoms with Gasteiger partial charge in [0.1, 0.15) is 16.3 Å². The number of benzene rings is 1. The maximum Gasteiger partial charge on any atom is 0.348 e. The third-order valence-corrected chi connectivity index (χ3v) is 8.94. The van der Waals surface area contributed by atoms with Crippen molar-refractivity contribution in [3.8, 4) is 0 Å². The quantitative estimate of drug-likeness (QED) is 0.463. The SMILES string of the molecule is Cc1c(C(=O)OC(C)C)sc2ncn(CC(=O)Nc3ccc(S(=O)(=O)N4CCCCC4)cc3)c(=O)c12. The molecule has 0 saturated carbocycles. The van der Waals surface area contributed by atoms with E-state index in [-0.39, 0.29) is 22.9 Å². The summed E-state index contributed by atoms with van der Waals surface area (Å²) in [5, 5.41) is 2.95. The minimum absolute atomic E-state index is 0.174. The highest BCUT2D eigenvalue weighted by molar-refractivity contribution is 7.89. The lowest BCUT2D eigenvalue weighted by molar-refractivity contribution is -0.116. The summed E-state index contributed by atoms with van der Waals surface area (Å²) >= 11 is 1.08. The van der Waals surface area contributed by atoms with Crippen molar-refractivity contribution in [2.24, 2.45) is 0 Å². The summed E-state index contributed by atoms with van der Waals surface area (Å²) in [6.45, 7) is 5.87. The van der Waals surface area contributed by atoms with Crippen LogP contribution in [0.25, 0.3) is 10.2 Å². The van der Waals surface area contributed by atoms with Crippen LogP contribution in [0.3, 0.4) is 0 Å². The number of esters is 1. The van der Waals surface area contributed by atoms with Crippen molar-refractivity contribution >= 4 is 49.1 Å². The molecule has 0 bridgehead atoms. The van der Waals surface area contributed by atoms with Crippen LogP contribution in [0.15, 0.2) is 40.3 Å². The highest BCUT2D eigenvalue weighted by Gasteiger charge is 2.26. The van der Waals surface area contributed by atoms with Crippen LogP contribution in [0.4, 0.5) is 5.69 Å². The Morgan fingerprint density at radius 3 is 2.44 bits per heavy atom. The number of rotatable bonds is 7. The van der Waals surface area contributed by atoms with E-state index in [1.165, 1.54) is 39.5 Å². The summed E-state index contributed by atoms with van der Waals surface area (Å²) in [7, 11) is -3.56. The smallest absolute Gasteiger partial charge is 0.348 e. The Balaban J connectivity index is 1.48. The first-order chi connectivity index (χ1) is 17.1. The number of fused-ring (bicyclic) bond motifs is 1. The zero-order chi connectivity index (χ0) is 26.0.